The summed E-state index contributed by atoms with van der Waals surface area (Å²) < 4.78 is 12.2. The molecule has 0 unspecified atom stereocenters. The first kappa shape index (κ1) is 17.3. The summed E-state index contributed by atoms with van der Waals surface area (Å²) in [7, 11) is 3.02. The largest absolute Gasteiger partial charge is 0.493 e. The van der Waals surface area contributed by atoms with Crippen molar-refractivity contribution in [3.05, 3.63) is 36.9 Å². The molecule has 2 aromatic rings. The predicted octanol–water partition coefficient (Wildman–Crippen LogP) is 1.05. The molecule has 24 heavy (non-hydrogen) atoms. The molecule has 128 valence electrons. The van der Waals surface area contributed by atoms with Crippen molar-refractivity contribution in [1.29, 1.82) is 0 Å². The van der Waals surface area contributed by atoms with Crippen LogP contribution in [0.1, 0.15) is 6.42 Å². The molecule has 8 heteroatoms. The molecular weight excluding hydrogens is 312 g/mol. The Morgan fingerprint density at radius 3 is 2.62 bits per heavy atom. The van der Waals surface area contributed by atoms with E-state index in [0.29, 0.717) is 30.2 Å². The zero-order valence-electron chi connectivity index (χ0n) is 13.6. The van der Waals surface area contributed by atoms with Gasteiger partial charge in [0.2, 0.25) is 0 Å². The number of aromatic nitrogens is 2. The predicted molar refractivity (Wildman–Crippen MR) is 88.0 cm³/mol. The van der Waals surface area contributed by atoms with Crippen LogP contribution >= 0.6 is 0 Å². The van der Waals surface area contributed by atoms with Crippen LogP contribution in [0.4, 0.5) is 5.69 Å². The van der Waals surface area contributed by atoms with E-state index in [-0.39, 0.29) is 0 Å². The van der Waals surface area contributed by atoms with Gasteiger partial charge in [0, 0.05) is 37.2 Å². The Kier molecular flexibility index (Phi) is 6.18. The summed E-state index contributed by atoms with van der Waals surface area (Å²) in [6, 6.07) is 4.87. The third-order valence-corrected chi connectivity index (χ3v) is 3.29. The lowest BCUT2D eigenvalue weighted by Gasteiger charge is -2.10. The van der Waals surface area contributed by atoms with Gasteiger partial charge in [0.1, 0.15) is 0 Å². The quantitative estimate of drug-likeness (QED) is 0.584. The van der Waals surface area contributed by atoms with E-state index in [1.807, 2.05) is 10.8 Å². The minimum absolute atomic E-state index is 0.399. The molecule has 2 N–H and O–H groups in total. The van der Waals surface area contributed by atoms with E-state index < -0.39 is 11.8 Å². The van der Waals surface area contributed by atoms with E-state index in [0.717, 1.165) is 6.54 Å². The molecule has 1 aromatic heterocycles. The van der Waals surface area contributed by atoms with Crippen LogP contribution in [0.15, 0.2) is 36.9 Å². The van der Waals surface area contributed by atoms with Gasteiger partial charge in [-0.05, 0) is 18.6 Å². The molecule has 1 aromatic carbocycles. The molecule has 0 spiro atoms. The van der Waals surface area contributed by atoms with Gasteiger partial charge >= 0.3 is 11.8 Å². The van der Waals surface area contributed by atoms with E-state index in [4.69, 9.17) is 9.47 Å². The minimum Gasteiger partial charge on any atom is -0.493 e. The van der Waals surface area contributed by atoms with Gasteiger partial charge in [-0.3, -0.25) is 9.59 Å². The van der Waals surface area contributed by atoms with E-state index in [1.165, 1.54) is 14.2 Å². The number of hydrogen-bond donors (Lipinski definition) is 2. The molecule has 2 amide bonds. The molecule has 0 aliphatic rings. The van der Waals surface area contributed by atoms with Gasteiger partial charge in [-0.1, -0.05) is 0 Å². The summed E-state index contributed by atoms with van der Waals surface area (Å²) in [6.07, 6.45) is 5.93. The van der Waals surface area contributed by atoms with Crippen molar-refractivity contribution in [3.63, 3.8) is 0 Å². The molecule has 0 saturated carbocycles. The number of methoxy groups -OCH3 is 2. The van der Waals surface area contributed by atoms with Crippen molar-refractivity contribution in [2.45, 2.75) is 13.0 Å². The lowest BCUT2D eigenvalue weighted by atomic mass is 10.2. The maximum absolute atomic E-state index is 11.9. The van der Waals surface area contributed by atoms with Gasteiger partial charge in [-0.2, -0.15) is 0 Å². The number of nitrogens with one attached hydrogen (secondary N) is 2. The zero-order valence-corrected chi connectivity index (χ0v) is 13.6. The average Bonchev–Trinajstić information content (AvgIpc) is 3.11. The second-order valence-corrected chi connectivity index (χ2v) is 4.93. The Morgan fingerprint density at radius 2 is 1.96 bits per heavy atom. The summed E-state index contributed by atoms with van der Waals surface area (Å²) in [5, 5.41) is 5.10. The number of nitrogens with zero attached hydrogens (tertiary/aromatic N) is 2. The standard InChI is InChI=1S/C16H20N4O4/c1-23-13-5-4-12(10-14(13)24-2)19-16(22)15(21)18-6-3-8-20-9-7-17-11-20/h4-5,7,9-11H,3,6,8H2,1-2H3,(H,18,21)(H,19,22). The van der Waals surface area contributed by atoms with Crippen LogP contribution in [-0.4, -0.2) is 42.1 Å². The smallest absolute Gasteiger partial charge is 0.313 e. The van der Waals surface area contributed by atoms with E-state index in [9.17, 15) is 9.59 Å². The first-order chi connectivity index (χ1) is 11.6. The molecule has 0 radical (unpaired) electrons. The number of hydrogen-bond acceptors (Lipinski definition) is 5. The van der Waals surface area contributed by atoms with Crippen molar-refractivity contribution in [2.75, 3.05) is 26.1 Å². The summed E-state index contributed by atoms with van der Waals surface area (Å²) in [6.45, 7) is 1.12. The number of amides is 2. The lowest BCUT2D eigenvalue weighted by molar-refractivity contribution is -0.136. The summed E-state index contributed by atoms with van der Waals surface area (Å²) >= 11 is 0. The fourth-order valence-electron chi connectivity index (χ4n) is 2.06. The number of ether oxygens (including phenoxy) is 2. The fraction of sp³-hybridized carbons (Fsp3) is 0.312. The zero-order chi connectivity index (χ0) is 17.4. The molecule has 0 aliphatic heterocycles. The number of imidazole rings is 1. The van der Waals surface area contributed by atoms with E-state index in [1.54, 1.807) is 30.7 Å². The number of rotatable bonds is 7. The number of carbonyl (C=O) groups excluding carboxylic acids is 2. The van der Waals surface area contributed by atoms with Crippen LogP contribution in [0.25, 0.3) is 0 Å². The van der Waals surface area contributed by atoms with Crippen molar-refractivity contribution < 1.29 is 19.1 Å². The summed E-state index contributed by atoms with van der Waals surface area (Å²) in [5.41, 5.74) is 0.450. The molecule has 1 heterocycles. The number of benzene rings is 1. The van der Waals surface area contributed by atoms with Crippen molar-refractivity contribution in [3.8, 4) is 11.5 Å². The highest BCUT2D eigenvalue weighted by Gasteiger charge is 2.14. The molecule has 8 nitrogen and oxygen atoms in total. The van der Waals surface area contributed by atoms with Crippen LogP contribution in [0.2, 0.25) is 0 Å². The Bertz CT molecular complexity index is 685. The third-order valence-electron chi connectivity index (χ3n) is 3.29. The van der Waals surface area contributed by atoms with Gasteiger partial charge in [0.25, 0.3) is 0 Å². The van der Waals surface area contributed by atoms with Crippen LogP contribution in [0.5, 0.6) is 11.5 Å². The van der Waals surface area contributed by atoms with E-state index >= 15 is 0 Å². The van der Waals surface area contributed by atoms with Crippen LogP contribution in [0, 0.1) is 0 Å². The summed E-state index contributed by atoms with van der Waals surface area (Å²) in [4.78, 5) is 27.6. The van der Waals surface area contributed by atoms with Crippen LogP contribution < -0.4 is 20.1 Å². The monoisotopic (exact) mass is 332 g/mol. The highest BCUT2D eigenvalue weighted by atomic mass is 16.5. The Labute approximate surface area is 139 Å². The Balaban J connectivity index is 1.79. The van der Waals surface area contributed by atoms with Gasteiger partial charge < -0.3 is 24.7 Å². The molecular formula is C16H20N4O4. The third kappa shape index (κ3) is 4.73. The Hall–Kier alpha value is -3.03. The normalized spacial score (nSPS) is 10.1. The molecule has 0 bridgehead atoms. The maximum Gasteiger partial charge on any atom is 0.313 e. The molecule has 0 saturated heterocycles. The second kappa shape index (κ2) is 8.56. The molecule has 2 rings (SSSR count). The first-order valence-electron chi connectivity index (χ1n) is 7.41. The lowest BCUT2D eigenvalue weighted by Crippen LogP contribution is -2.36. The van der Waals surface area contributed by atoms with Crippen LogP contribution in [-0.2, 0) is 16.1 Å². The topological polar surface area (TPSA) is 94.5 Å². The molecule has 0 aliphatic carbocycles. The number of anilines is 1. The minimum atomic E-state index is -0.732. The van der Waals surface area contributed by atoms with Gasteiger partial charge in [-0.25, -0.2) is 4.98 Å². The number of carbonyl (C=O) groups is 2. The van der Waals surface area contributed by atoms with Gasteiger partial charge in [-0.15, -0.1) is 0 Å². The summed E-state index contributed by atoms with van der Waals surface area (Å²) in [5.74, 6) is -0.407. The highest BCUT2D eigenvalue weighted by Crippen LogP contribution is 2.29. The first-order valence-corrected chi connectivity index (χ1v) is 7.41. The SMILES string of the molecule is COc1ccc(NC(=O)C(=O)NCCCn2ccnc2)cc1OC. The van der Waals surface area contributed by atoms with Crippen molar-refractivity contribution >= 4 is 17.5 Å². The maximum atomic E-state index is 11.9. The van der Waals surface area contributed by atoms with Gasteiger partial charge in [0.05, 0.1) is 20.5 Å². The van der Waals surface area contributed by atoms with Crippen molar-refractivity contribution in [2.24, 2.45) is 0 Å². The van der Waals surface area contributed by atoms with Crippen LogP contribution in [0.3, 0.4) is 0 Å². The average molecular weight is 332 g/mol. The van der Waals surface area contributed by atoms with Gasteiger partial charge in [0.15, 0.2) is 11.5 Å². The van der Waals surface area contributed by atoms with Crippen molar-refractivity contribution in [1.82, 2.24) is 14.9 Å². The van der Waals surface area contributed by atoms with E-state index in [2.05, 4.69) is 15.6 Å². The fourth-order valence-corrected chi connectivity index (χ4v) is 2.06. The molecule has 0 fully saturated rings. The Morgan fingerprint density at radius 1 is 1.17 bits per heavy atom. The number of aryl methyl sites for hydroxylation is 1. The highest BCUT2D eigenvalue weighted by molar-refractivity contribution is 6.39. The molecule has 0 atom stereocenters. The second-order valence-electron chi connectivity index (χ2n) is 4.93.